The Balaban J connectivity index is 2.66. The second-order valence-corrected chi connectivity index (χ2v) is 4.14. The molecule has 0 saturated carbocycles. The Hall–Kier alpha value is -2.01. The van der Waals surface area contributed by atoms with Crippen LogP contribution in [-0.4, -0.2) is 29.8 Å². The standard InChI is InChI=1S/C13H16N2O3/c1-14-12(13(16)17)10-7-15(2)11-5-4-8(18-3)6-9(10)11/h4-7,12,14H,1-3H3,(H,16,17). The largest absolute Gasteiger partial charge is 0.497 e. The first kappa shape index (κ1) is 12.4. The zero-order valence-corrected chi connectivity index (χ0v) is 10.6. The molecule has 1 aromatic carbocycles. The fourth-order valence-corrected chi connectivity index (χ4v) is 2.17. The fraction of sp³-hybridized carbons (Fsp3) is 0.308. The Kier molecular flexibility index (Phi) is 3.25. The minimum atomic E-state index is -0.896. The molecule has 2 rings (SSSR count). The summed E-state index contributed by atoms with van der Waals surface area (Å²) in [6.45, 7) is 0. The third kappa shape index (κ3) is 1.93. The van der Waals surface area contributed by atoms with Crippen molar-refractivity contribution in [1.29, 1.82) is 0 Å². The number of hydrogen-bond acceptors (Lipinski definition) is 3. The van der Waals surface area contributed by atoms with Crippen LogP contribution in [0.3, 0.4) is 0 Å². The van der Waals surface area contributed by atoms with E-state index in [0.717, 1.165) is 22.2 Å². The normalized spacial score (nSPS) is 12.6. The molecule has 0 saturated heterocycles. The summed E-state index contributed by atoms with van der Waals surface area (Å²) in [6.07, 6.45) is 1.83. The average molecular weight is 248 g/mol. The molecule has 1 heterocycles. The van der Waals surface area contributed by atoms with Gasteiger partial charge < -0.3 is 19.7 Å². The smallest absolute Gasteiger partial charge is 0.325 e. The lowest BCUT2D eigenvalue weighted by Gasteiger charge is -2.10. The van der Waals surface area contributed by atoms with Crippen molar-refractivity contribution in [2.75, 3.05) is 14.2 Å². The highest BCUT2D eigenvalue weighted by Gasteiger charge is 2.22. The molecule has 0 radical (unpaired) electrons. The Morgan fingerprint density at radius 1 is 1.50 bits per heavy atom. The van der Waals surface area contributed by atoms with Crippen LogP contribution in [0.4, 0.5) is 0 Å². The number of benzene rings is 1. The zero-order chi connectivity index (χ0) is 13.3. The van der Waals surface area contributed by atoms with Crippen molar-refractivity contribution < 1.29 is 14.6 Å². The molecule has 18 heavy (non-hydrogen) atoms. The Morgan fingerprint density at radius 2 is 2.22 bits per heavy atom. The molecule has 5 nitrogen and oxygen atoms in total. The molecule has 0 fully saturated rings. The number of likely N-dealkylation sites (N-methyl/N-ethyl adjacent to an activating group) is 1. The third-order valence-electron chi connectivity index (χ3n) is 3.07. The van der Waals surface area contributed by atoms with Crippen LogP contribution in [0.1, 0.15) is 11.6 Å². The maximum atomic E-state index is 11.2. The highest BCUT2D eigenvalue weighted by molar-refractivity contribution is 5.90. The van der Waals surface area contributed by atoms with E-state index in [0.29, 0.717) is 0 Å². The molecule has 0 aliphatic carbocycles. The zero-order valence-electron chi connectivity index (χ0n) is 10.6. The van der Waals surface area contributed by atoms with E-state index >= 15 is 0 Å². The van der Waals surface area contributed by atoms with Gasteiger partial charge in [0.2, 0.25) is 0 Å². The second-order valence-electron chi connectivity index (χ2n) is 4.14. The van der Waals surface area contributed by atoms with E-state index in [-0.39, 0.29) is 0 Å². The minimum Gasteiger partial charge on any atom is -0.497 e. The maximum absolute atomic E-state index is 11.2. The van der Waals surface area contributed by atoms with Gasteiger partial charge in [-0.2, -0.15) is 0 Å². The van der Waals surface area contributed by atoms with Crippen LogP contribution in [0.25, 0.3) is 10.9 Å². The van der Waals surface area contributed by atoms with Crippen LogP contribution >= 0.6 is 0 Å². The minimum absolute atomic E-state index is 0.718. The molecule has 0 spiro atoms. The van der Waals surface area contributed by atoms with Crippen LogP contribution in [-0.2, 0) is 11.8 Å². The van der Waals surface area contributed by atoms with Crippen LogP contribution < -0.4 is 10.1 Å². The van der Waals surface area contributed by atoms with Crippen molar-refractivity contribution in [3.63, 3.8) is 0 Å². The molecule has 2 N–H and O–H groups in total. The highest BCUT2D eigenvalue weighted by atomic mass is 16.5. The van der Waals surface area contributed by atoms with Gasteiger partial charge in [-0.05, 0) is 25.2 Å². The number of carboxylic acid groups (broad SMARTS) is 1. The summed E-state index contributed by atoms with van der Waals surface area (Å²) in [7, 11) is 5.13. The molecule has 0 aliphatic rings. The van der Waals surface area contributed by atoms with E-state index < -0.39 is 12.0 Å². The molecule has 5 heteroatoms. The number of aryl methyl sites for hydroxylation is 1. The van der Waals surface area contributed by atoms with Crippen LogP contribution in [0, 0.1) is 0 Å². The number of aromatic nitrogens is 1. The first-order chi connectivity index (χ1) is 8.58. The summed E-state index contributed by atoms with van der Waals surface area (Å²) in [4.78, 5) is 11.2. The van der Waals surface area contributed by atoms with E-state index in [1.165, 1.54) is 0 Å². The average Bonchev–Trinajstić information content (AvgIpc) is 2.67. The highest BCUT2D eigenvalue weighted by Crippen LogP contribution is 2.29. The first-order valence-electron chi connectivity index (χ1n) is 5.61. The predicted molar refractivity (Wildman–Crippen MR) is 68.9 cm³/mol. The molecule has 96 valence electrons. The number of carbonyl (C=O) groups is 1. The molecule has 1 unspecified atom stereocenters. The van der Waals surface area contributed by atoms with Crippen molar-refractivity contribution >= 4 is 16.9 Å². The van der Waals surface area contributed by atoms with Gasteiger partial charge in [-0.3, -0.25) is 4.79 Å². The Bertz CT molecular complexity index is 589. The number of fused-ring (bicyclic) bond motifs is 1. The van der Waals surface area contributed by atoms with E-state index in [1.807, 2.05) is 36.0 Å². The van der Waals surface area contributed by atoms with Gasteiger partial charge in [0, 0.05) is 29.7 Å². The topological polar surface area (TPSA) is 63.5 Å². The lowest BCUT2D eigenvalue weighted by molar-refractivity contribution is -0.139. The Morgan fingerprint density at radius 3 is 2.78 bits per heavy atom. The van der Waals surface area contributed by atoms with Crippen molar-refractivity contribution in [2.24, 2.45) is 7.05 Å². The number of nitrogens with zero attached hydrogens (tertiary/aromatic N) is 1. The van der Waals surface area contributed by atoms with Gasteiger partial charge in [-0.15, -0.1) is 0 Å². The van der Waals surface area contributed by atoms with Gasteiger partial charge in [0.1, 0.15) is 11.8 Å². The molecular formula is C13H16N2O3. The van der Waals surface area contributed by atoms with Crippen molar-refractivity contribution in [3.8, 4) is 5.75 Å². The lowest BCUT2D eigenvalue weighted by atomic mass is 10.1. The molecule has 2 aromatic rings. The molecule has 0 amide bonds. The van der Waals surface area contributed by atoms with E-state index in [1.54, 1.807) is 14.2 Å². The van der Waals surface area contributed by atoms with Crippen LogP contribution in [0.5, 0.6) is 5.75 Å². The van der Waals surface area contributed by atoms with Gasteiger partial charge in [0.15, 0.2) is 0 Å². The quantitative estimate of drug-likeness (QED) is 0.861. The van der Waals surface area contributed by atoms with E-state index in [9.17, 15) is 9.90 Å². The summed E-state index contributed by atoms with van der Waals surface area (Å²) in [5.74, 6) is -0.178. The summed E-state index contributed by atoms with van der Waals surface area (Å²) in [5.41, 5.74) is 1.72. The van der Waals surface area contributed by atoms with Crippen LogP contribution in [0.15, 0.2) is 24.4 Å². The predicted octanol–water partition coefficient (Wildman–Crippen LogP) is 1.53. The van der Waals surface area contributed by atoms with Gasteiger partial charge in [-0.1, -0.05) is 0 Å². The number of aliphatic carboxylic acids is 1. The summed E-state index contributed by atoms with van der Waals surface area (Å²) < 4.78 is 7.10. The van der Waals surface area contributed by atoms with E-state index in [2.05, 4.69) is 5.32 Å². The summed E-state index contributed by atoms with van der Waals surface area (Å²) >= 11 is 0. The van der Waals surface area contributed by atoms with Crippen molar-refractivity contribution in [3.05, 3.63) is 30.0 Å². The summed E-state index contributed by atoms with van der Waals surface area (Å²) in [6, 6.07) is 4.92. The number of carboxylic acids is 1. The number of methoxy groups -OCH3 is 1. The first-order valence-corrected chi connectivity index (χ1v) is 5.61. The van der Waals surface area contributed by atoms with Crippen molar-refractivity contribution in [1.82, 2.24) is 9.88 Å². The number of hydrogen-bond donors (Lipinski definition) is 2. The fourth-order valence-electron chi connectivity index (χ4n) is 2.17. The summed E-state index contributed by atoms with van der Waals surface area (Å²) in [5, 5.41) is 12.9. The SMILES string of the molecule is CNC(C(=O)O)c1cn(C)c2ccc(OC)cc12. The van der Waals surface area contributed by atoms with Gasteiger partial charge in [0.05, 0.1) is 7.11 Å². The monoisotopic (exact) mass is 248 g/mol. The molecule has 1 atom stereocenters. The second kappa shape index (κ2) is 4.70. The van der Waals surface area contributed by atoms with Crippen molar-refractivity contribution in [2.45, 2.75) is 6.04 Å². The maximum Gasteiger partial charge on any atom is 0.325 e. The van der Waals surface area contributed by atoms with Crippen LogP contribution in [0.2, 0.25) is 0 Å². The van der Waals surface area contributed by atoms with Gasteiger partial charge in [-0.25, -0.2) is 0 Å². The van der Waals surface area contributed by atoms with Gasteiger partial charge >= 0.3 is 5.97 Å². The Labute approximate surface area is 105 Å². The van der Waals surface area contributed by atoms with E-state index in [4.69, 9.17) is 4.74 Å². The molecule has 0 bridgehead atoms. The molecular weight excluding hydrogens is 232 g/mol. The number of rotatable bonds is 4. The molecule has 0 aliphatic heterocycles. The number of ether oxygens (including phenoxy) is 1. The lowest BCUT2D eigenvalue weighted by Crippen LogP contribution is -2.24. The third-order valence-corrected chi connectivity index (χ3v) is 3.07. The van der Waals surface area contributed by atoms with Gasteiger partial charge in [0.25, 0.3) is 0 Å². The number of nitrogens with one attached hydrogen (secondary N) is 1. The molecule has 1 aromatic heterocycles.